The fraction of sp³-hybridized carbons (Fsp3) is 1.00. The molecule has 0 aromatic carbocycles. The van der Waals surface area contributed by atoms with Crippen LogP contribution in [0.25, 0.3) is 0 Å². The van der Waals surface area contributed by atoms with E-state index in [1.807, 2.05) is 0 Å². The van der Waals surface area contributed by atoms with E-state index in [9.17, 15) is 0 Å². The van der Waals surface area contributed by atoms with Crippen molar-refractivity contribution in [2.24, 2.45) is 46.8 Å². The lowest BCUT2D eigenvalue weighted by molar-refractivity contribution is -0.150. The Morgan fingerprint density at radius 1 is 0.842 bits per heavy atom. The molecule has 0 nitrogen and oxygen atoms in total. The van der Waals surface area contributed by atoms with Gasteiger partial charge in [-0.05, 0) is 59.7 Å². The molecule has 1 aliphatic carbocycles. The Hall–Kier alpha value is 0. The highest BCUT2D eigenvalue weighted by atomic mass is 14.6. The molecule has 0 N–H and O–H groups in total. The first-order chi connectivity index (χ1) is 8.62. The predicted molar refractivity (Wildman–Crippen MR) is 87.2 cm³/mol. The van der Waals surface area contributed by atoms with Crippen molar-refractivity contribution in [3.8, 4) is 0 Å². The normalized spacial score (nSPS) is 38.4. The number of hydrogen-bond donors (Lipinski definition) is 0. The largest absolute Gasteiger partial charge is 0.0628 e. The molecule has 0 aliphatic heterocycles. The minimum absolute atomic E-state index is 0.570. The van der Waals surface area contributed by atoms with Crippen molar-refractivity contribution in [2.75, 3.05) is 0 Å². The van der Waals surface area contributed by atoms with Gasteiger partial charge in [-0.3, -0.25) is 0 Å². The average molecular weight is 267 g/mol. The van der Waals surface area contributed by atoms with Gasteiger partial charge in [0.1, 0.15) is 0 Å². The molecule has 19 heavy (non-hydrogen) atoms. The molecule has 1 saturated carbocycles. The predicted octanol–water partition coefficient (Wildman–Crippen LogP) is 6.26. The van der Waals surface area contributed by atoms with Crippen LogP contribution in [0.15, 0.2) is 0 Å². The third kappa shape index (κ3) is 3.19. The van der Waals surface area contributed by atoms with E-state index in [4.69, 9.17) is 0 Å². The van der Waals surface area contributed by atoms with Crippen LogP contribution >= 0.6 is 0 Å². The van der Waals surface area contributed by atoms with E-state index in [2.05, 4.69) is 62.3 Å². The molecule has 1 aliphatic rings. The Morgan fingerprint density at radius 3 is 1.68 bits per heavy atom. The fourth-order valence-electron chi connectivity index (χ4n) is 5.37. The minimum Gasteiger partial charge on any atom is -0.0628 e. The molecule has 114 valence electrons. The van der Waals surface area contributed by atoms with Crippen LogP contribution in [0.1, 0.15) is 75.2 Å². The van der Waals surface area contributed by atoms with Gasteiger partial charge >= 0.3 is 0 Å². The van der Waals surface area contributed by atoms with Crippen LogP contribution in [0.2, 0.25) is 0 Å². The average Bonchev–Trinajstić information content (AvgIpc) is 2.26. The molecular weight excluding hydrogens is 228 g/mol. The van der Waals surface area contributed by atoms with Gasteiger partial charge in [-0.25, -0.2) is 0 Å². The lowest BCUT2D eigenvalue weighted by atomic mass is 9.42. The van der Waals surface area contributed by atoms with E-state index < -0.39 is 0 Å². The SMILES string of the molecule is CC(C)CC(C)CC(C)C1(C)C(C)C(C(C)C)C1C. The number of rotatable bonds is 6. The summed E-state index contributed by atoms with van der Waals surface area (Å²) in [6.07, 6.45) is 2.80. The molecule has 0 heteroatoms. The Morgan fingerprint density at radius 2 is 1.32 bits per heavy atom. The van der Waals surface area contributed by atoms with E-state index in [0.29, 0.717) is 5.41 Å². The molecule has 1 rings (SSSR count). The first-order valence-electron chi connectivity index (χ1n) is 8.62. The molecule has 1 fully saturated rings. The van der Waals surface area contributed by atoms with Gasteiger partial charge in [-0.15, -0.1) is 0 Å². The second-order valence-electron chi connectivity index (χ2n) is 8.64. The van der Waals surface area contributed by atoms with E-state index in [1.54, 1.807) is 0 Å². The van der Waals surface area contributed by atoms with Gasteiger partial charge in [-0.1, -0.05) is 62.3 Å². The van der Waals surface area contributed by atoms with Crippen molar-refractivity contribution in [3.05, 3.63) is 0 Å². The van der Waals surface area contributed by atoms with Crippen molar-refractivity contribution < 1.29 is 0 Å². The maximum atomic E-state index is 2.56. The third-order valence-corrected chi connectivity index (χ3v) is 6.58. The molecule has 0 amide bonds. The topological polar surface area (TPSA) is 0 Å². The van der Waals surface area contributed by atoms with Gasteiger partial charge in [0.2, 0.25) is 0 Å². The summed E-state index contributed by atoms with van der Waals surface area (Å²) < 4.78 is 0. The van der Waals surface area contributed by atoms with E-state index in [0.717, 1.165) is 41.4 Å². The van der Waals surface area contributed by atoms with Crippen molar-refractivity contribution in [1.82, 2.24) is 0 Å². The number of hydrogen-bond acceptors (Lipinski definition) is 0. The quantitative estimate of drug-likeness (QED) is 0.532. The lowest BCUT2D eigenvalue weighted by Gasteiger charge is -2.63. The second-order valence-corrected chi connectivity index (χ2v) is 8.64. The third-order valence-electron chi connectivity index (χ3n) is 6.58. The van der Waals surface area contributed by atoms with Gasteiger partial charge < -0.3 is 0 Å². The summed E-state index contributed by atoms with van der Waals surface area (Å²) in [5.74, 6) is 6.15. The highest BCUT2D eigenvalue weighted by Crippen LogP contribution is 2.62. The van der Waals surface area contributed by atoms with Crippen molar-refractivity contribution in [3.63, 3.8) is 0 Å². The van der Waals surface area contributed by atoms with Crippen LogP contribution < -0.4 is 0 Å². The van der Waals surface area contributed by atoms with Gasteiger partial charge in [0.05, 0.1) is 0 Å². The van der Waals surface area contributed by atoms with Crippen molar-refractivity contribution >= 4 is 0 Å². The van der Waals surface area contributed by atoms with Gasteiger partial charge in [0.15, 0.2) is 0 Å². The summed E-state index contributed by atoms with van der Waals surface area (Å²) in [5.41, 5.74) is 0.570. The summed E-state index contributed by atoms with van der Waals surface area (Å²) in [6.45, 7) is 22.1. The Bertz CT molecular complexity index is 266. The Balaban J connectivity index is 2.64. The zero-order valence-corrected chi connectivity index (χ0v) is 15.0. The molecule has 0 aromatic rings. The maximum Gasteiger partial charge on any atom is -0.0243 e. The van der Waals surface area contributed by atoms with Crippen LogP contribution in [0, 0.1) is 46.8 Å². The molecule has 0 aromatic heterocycles. The van der Waals surface area contributed by atoms with Crippen molar-refractivity contribution in [1.29, 1.82) is 0 Å². The maximum absolute atomic E-state index is 2.56. The van der Waals surface area contributed by atoms with Crippen LogP contribution in [0.3, 0.4) is 0 Å². The molecule has 0 bridgehead atoms. The molecular formula is C19H38. The van der Waals surface area contributed by atoms with Crippen LogP contribution in [0.5, 0.6) is 0 Å². The summed E-state index contributed by atoms with van der Waals surface area (Å²) in [6, 6.07) is 0. The Labute approximate surface area is 122 Å². The van der Waals surface area contributed by atoms with Crippen molar-refractivity contribution in [2.45, 2.75) is 75.2 Å². The summed E-state index contributed by atoms with van der Waals surface area (Å²) in [5, 5.41) is 0. The molecule has 0 saturated heterocycles. The standard InChI is InChI=1S/C19H38/c1-12(2)10-14(5)11-15(6)19(9)16(7)18(13(3)4)17(19)8/h12-18H,10-11H2,1-9H3. The summed E-state index contributed by atoms with van der Waals surface area (Å²) in [7, 11) is 0. The first kappa shape index (κ1) is 17.1. The zero-order chi connectivity index (χ0) is 15.0. The van der Waals surface area contributed by atoms with Crippen LogP contribution in [-0.4, -0.2) is 0 Å². The molecule has 0 heterocycles. The fourth-order valence-corrected chi connectivity index (χ4v) is 5.37. The van der Waals surface area contributed by atoms with E-state index in [1.165, 1.54) is 12.8 Å². The Kier molecular flexibility index (Phi) is 5.55. The molecule has 0 radical (unpaired) electrons. The molecule has 0 spiro atoms. The van der Waals surface area contributed by atoms with Gasteiger partial charge in [-0.2, -0.15) is 0 Å². The molecule has 4 unspecified atom stereocenters. The first-order valence-corrected chi connectivity index (χ1v) is 8.62. The zero-order valence-electron chi connectivity index (χ0n) is 15.0. The van der Waals surface area contributed by atoms with Crippen LogP contribution in [0.4, 0.5) is 0 Å². The highest BCUT2D eigenvalue weighted by Gasteiger charge is 2.57. The van der Waals surface area contributed by atoms with Crippen LogP contribution in [-0.2, 0) is 0 Å². The second kappa shape index (κ2) is 6.19. The highest BCUT2D eigenvalue weighted by molar-refractivity contribution is 5.04. The monoisotopic (exact) mass is 266 g/mol. The van der Waals surface area contributed by atoms with Gasteiger partial charge in [0, 0.05) is 0 Å². The lowest BCUT2D eigenvalue weighted by Crippen LogP contribution is -2.57. The van der Waals surface area contributed by atoms with E-state index >= 15 is 0 Å². The smallest absolute Gasteiger partial charge is 0.0243 e. The summed E-state index contributed by atoms with van der Waals surface area (Å²) >= 11 is 0. The minimum atomic E-state index is 0.570. The molecule has 4 atom stereocenters. The summed E-state index contributed by atoms with van der Waals surface area (Å²) in [4.78, 5) is 0. The van der Waals surface area contributed by atoms with Gasteiger partial charge in [0.25, 0.3) is 0 Å². The van der Waals surface area contributed by atoms with E-state index in [-0.39, 0.29) is 0 Å².